The predicted octanol–water partition coefficient (Wildman–Crippen LogP) is 4.39. The van der Waals surface area contributed by atoms with Gasteiger partial charge in [0.05, 0.1) is 9.77 Å². The highest BCUT2D eigenvalue weighted by Crippen LogP contribution is 2.36. The van der Waals surface area contributed by atoms with Crippen LogP contribution in [0.1, 0.15) is 34.5 Å². The van der Waals surface area contributed by atoms with E-state index in [2.05, 4.69) is 0 Å². The van der Waals surface area contributed by atoms with Gasteiger partial charge in [0.25, 0.3) is 5.91 Å². The van der Waals surface area contributed by atoms with Gasteiger partial charge in [0.1, 0.15) is 0 Å². The Morgan fingerprint density at radius 1 is 1.07 bits per heavy atom. The maximum absolute atomic E-state index is 13.4. The molecule has 7 heteroatoms. The highest BCUT2D eigenvalue weighted by molar-refractivity contribution is 7.89. The topological polar surface area (TPSA) is 57.7 Å². The monoisotopic (exact) mass is 442 g/mol. The Balaban J connectivity index is 1.75. The van der Waals surface area contributed by atoms with Crippen molar-refractivity contribution < 1.29 is 13.2 Å². The van der Waals surface area contributed by atoms with E-state index in [0.717, 1.165) is 34.9 Å². The van der Waals surface area contributed by atoms with Crippen molar-refractivity contribution in [2.45, 2.75) is 36.6 Å². The summed E-state index contributed by atoms with van der Waals surface area (Å²) in [6.45, 7) is 0.515. The Hall–Kier alpha value is -2.22. The highest BCUT2D eigenvalue weighted by atomic mass is 32.2. The molecule has 0 aliphatic carbocycles. The van der Waals surface area contributed by atoms with Crippen molar-refractivity contribution in [3.8, 4) is 0 Å². The molecule has 3 aromatic rings. The molecule has 158 valence electrons. The number of nitrogens with zero attached hydrogens (tertiary/aromatic N) is 2. The first-order valence-electron chi connectivity index (χ1n) is 10.2. The van der Waals surface area contributed by atoms with Crippen LogP contribution < -0.4 is 0 Å². The number of hydrogen-bond acceptors (Lipinski definition) is 4. The van der Waals surface area contributed by atoms with E-state index in [4.69, 9.17) is 0 Å². The van der Waals surface area contributed by atoms with Crippen LogP contribution in [0.4, 0.5) is 0 Å². The SMILES string of the molecule is CN(C)C(=O)c1sc2ccccc2c1C[C@H]1CCCCN1S(=O)(=O)c1ccccc1. The molecule has 1 amide bonds. The van der Waals surface area contributed by atoms with Crippen LogP contribution in [-0.2, 0) is 16.4 Å². The summed E-state index contributed by atoms with van der Waals surface area (Å²) in [5, 5.41) is 1.05. The number of rotatable bonds is 5. The van der Waals surface area contributed by atoms with Crippen LogP contribution >= 0.6 is 11.3 Å². The third-order valence-corrected chi connectivity index (χ3v) is 8.83. The molecule has 5 nitrogen and oxygen atoms in total. The first kappa shape index (κ1) is 21.0. The maximum Gasteiger partial charge on any atom is 0.263 e. The van der Waals surface area contributed by atoms with Gasteiger partial charge in [0, 0.05) is 31.4 Å². The number of amides is 1. The minimum atomic E-state index is -3.58. The second-order valence-electron chi connectivity index (χ2n) is 7.89. The van der Waals surface area contributed by atoms with Crippen molar-refractivity contribution in [3.05, 3.63) is 65.0 Å². The number of fused-ring (bicyclic) bond motifs is 1. The zero-order chi connectivity index (χ0) is 21.3. The summed E-state index contributed by atoms with van der Waals surface area (Å²) in [5.74, 6) is -0.0283. The van der Waals surface area contributed by atoms with E-state index in [-0.39, 0.29) is 11.9 Å². The van der Waals surface area contributed by atoms with E-state index in [1.807, 2.05) is 30.3 Å². The molecule has 30 heavy (non-hydrogen) atoms. The molecule has 4 rings (SSSR count). The summed E-state index contributed by atoms with van der Waals surface area (Å²) < 4.78 is 29.5. The lowest BCUT2D eigenvalue weighted by Gasteiger charge is -2.35. The molecule has 0 bridgehead atoms. The van der Waals surface area contributed by atoms with Gasteiger partial charge in [0.15, 0.2) is 0 Å². The number of hydrogen-bond donors (Lipinski definition) is 0. The average molecular weight is 443 g/mol. The molecule has 1 fully saturated rings. The molecule has 2 aromatic carbocycles. The van der Waals surface area contributed by atoms with Gasteiger partial charge >= 0.3 is 0 Å². The lowest BCUT2D eigenvalue weighted by molar-refractivity contribution is 0.0831. The van der Waals surface area contributed by atoms with E-state index >= 15 is 0 Å². The summed E-state index contributed by atoms with van der Waals surface area (Å²) >= 11 is 1.49. The van der Waals surface area contributed by atoms with Gasteiger partial charge in [-0.15, -0.1) is 11.3 Å². The van der Waals surface area contributed by atoms with Gasteiger partial charge in [-0.25, -0.2) is 8.42 Å². The molecule has 0 N–H and O–H groups in total. The van der Waals surface area contributed by atoms with Crippen LogP contribution in [0, 0.1) is 0 Å². The van der Waals surface area contributed by atoms with E-state index in [1.54, 1.807) is 47.6 Å². The molecule has 0 radical (unpaired) electrons. The molecular formula is C23H26N2O3S2. The number of sulfonamides is 1. The van der Waals surface area contributed by atoms with Gasteiger partial charge in [-0.05, 0) is 48.4 Å². The van der Waals surface area contributed by atoms with Crippen molar-refractivity contribution in [2.24, 2.45) is 0 Å². The number of carbonyl (C=O) groups is 1. The van der Waals surface area contributed by atoms with Gasteiger partial charge in [-0.3, -0.25) is 4.79 Å². The lowest BCUT2D eigenvalue weighted by atomic mass is 9.95. The summed E-state index contributed by atoms with van der Waals surface area (Å²) in [7, 11) is -0.0692. The molecule has 1 atom stereocenters. The van der Waals surface area contributed by atoms with Crippen molar-refractivity contribution in [2.75, 3.05) is 20.6 Å². The van der Waals surface area contributed by atoms with Gasteiger partial charge < -0.3 is 4.90 Å². The number of piperidine rings is 1. The molecular weight excluding hydrogens is 416 g/mol. The molecule has 1 aromatic heterocycles. The zero-order valence-electron chi connectivity index (χ0n) is 17.2. The summed E-state index contributed by atoms with van der Waals surface area (Å²) in [6, 6.07) is 16.5. The molecule has 1 aliphatic heterocycles. The third kappa shape index (κ3) is 3.89. The van der Waals surface area contributed by atoms with Crippen molar-refractivity contribution in [3.63, 3.8) is 0 Å². The number of benzene rings is 2. The van der Waals surface area contributed by atoms with Gasteiger partial charge in [-0.1, -0.05) is 42.8 Å². The van der Waals surface area contributed by atoms with E-state index in [0.29, 0.717) is 22.7 Å². The summed E-state index contributed by atoms with van der Waals surface area (Å²) in [5.41, 5.74) is 0.967. The quantitative estimate of drug-likeness (QED) is 0.589. The Morgan fingerprint density at radius 3 is 2.50 bits per heavy atom. The largest absolute Gasteiger partial charge is 0.344 e. The van der Waals surface area contributed by atoms with Crippen LogP contribution in [0.25, 0.3) is 10.1 Å². The van der Waals surface area contributed by atoms with Gasteiger partial charge in [0.2, 0.25) is 10.0 Å². The standard InChI is InChI=1S/C23H26N2O3S2/c1-24(2)23(26)22-20(19-13-6-7-14-21(19)29-22)16-17-10-8-9-15-25(17)30(27,28)18-11-4-3-5-12-18/h3-7,11-14,17H,8-10,15-16H2,1-2H3/t17-/m1/s1. The number of carbonyl (C=O) groups excluding carboxylic acids is 1. The number of thiophene rings is 1. The maximum atomic E-state index is 13.4. The zero-order valence-corrected chi connectivity index (χ0v) is 18.9. The van der Waals surface area contributed by atoms with Crippen LogP contribution in [0.3, 0.4) is 0 Å². The first-order valence-corrected chi connectivity index (χ1v) is 12.4. The second-order valence-corrected chi connectivity index (χ2v) is 10.8. The van der Waals surface area contributed by atoms with Crippen molar-refractivity contribution in [1.82, 2.24) is 9.21 Å². The van der Waals surface area contributed by atoms with E-state index in [1.165, 1.54) is 11.3 Å². The van der Waals surface area contributed by atoms with E-state index in [9.17, 15) is 13.2 Å². The van der Waals surface area contributed by atoms with Crippen LogP contribution in [-0.4, -0.2) is 50.2 Å². The normalized spacial score (nSPS) is 17.9. The fourth-order valence-corrected chi connectivity index (χ4v) is 7.10. The summed E-state index contributed by atoms with van der Waals surface area (Å²) in [6.07, 6.45) is 3.19. The fraction of sp³-hybridized carbons (Fsp3) is 0.348. The highest BCUT2D eigenvalue weighted by Gasteiger charge is 2.35. The second kappa shape index (κ2) is 8.49. The lowest BCUT2D eigenvalue weighted by Crippen LogP contribution is -2.44. The van der Waals surface area contributed by atoms with Gasteiger partial charge in [-0.2, -0.15) is 4.31 Å². The fourth-order valence-electron chi connectivity index (χ4n) is 4.14. The summed E-state index contributed by atoms with van der Waals surface area (Å²) in [4.78, 5) is 15.5. The molecule has 1 saturated heterocycles. The first-order chi connectivity index (χ1) is 14.4. The molecule has 0 unspecified atom stereocenters. The molecule has 0 saturated carbocycles. The predicted molar refractivity (Wildman–Crippen MR) is 122 cm³/mol. The van der Waals surface area contributed by atoms with Crippen LogP contribution in [0.2, 0.25) is 0 Å². The Morgan fingerprint density at radius 2 is 1.77 bits per heavy atom. The average Bonchev–Trinajstić information content (AvgIpc) is 3.12. The molecule has 2 heterocycles. The Bertz CT molecular complexity index is 1150. The molecule has 0 spiro atoms. The third-order valence-electron chi connectivity index (χ3n) is 5.66. The van der Waals surface area contributed by atoms with E-state index < -0.39 is 10.0 Å². The van der Waals surface area contributed by atoms with Crippen molar-refractivity contribution >= 4 is 37.4 Å². The smallest absolute Gasteiger partial charge is 0.263 e. The minimum absolute atomic E-state index is 0.0283. The molecule has 1 aliphatic rings. The Labute approximate surface area is 182 Å². The van der Waals surface area contributed by atoms with Crippen molar-refractivity contribution in [1.29, 1.82) is 0 Å². The van der Waals surface area contributed by atoms with Crippen LogP contribution in [0.15, 0.2) is 59.5 Å². The van der Waals surface area contributed by atoms with Crippen LogP contribution in [0.5, 0.6) is 0 Å². The minimum Gasteiger partial charge on any atom is -0.344 e. The Kier molecular flexibility index (Phi) is 5.95.